The summed E-state index contributed by atoms with van der Waals surface area (Å²) in [5.74, 6) is -3.43. The van der Waals surface area contributed by atoms with Gasteiger partial charge < -0.3 is 15.7 Å². The molecule has 0 aliphatic carbocycles. The molecule has 1 aliphatic heterocycles. The van der Waals surface area contributed by atoms with E-state index in [1.54, 1.807) is 20.8 Å². The van der Waals surface area contributed by atoms with Crippen LogP contribution in [0.4, 0.5) is 13.2 Å². The van der Waals surface area contributed by atoms with E-state index in [1.165, 1.54) is 0 Å². The predicted octanol–water partition coefficient (Wildman–Crippen LogP) is 2.30. The van der Waals surface area contributed by atoms with E-state index in [-0.39, 0.29) is 24.6 Å². The number of nitrogens with two attached hydrogens (primary N) is 1. The van der Waals surface area contributed by atoms with Crippen molar-refractivity contribution in [2.24, 2.45) is 16.1 Å². The van der Waals surface area contributed by atoms with Crippen LogP contribution in [-0.4, -0.2) is 46.4 Å². The number of aliphatic imine (C=N–C) groups is 1. The zero-order valence-corrected chi connectivity index (χ0v) is 13.9. The van der Waals surface area contributed by atoms with Crippen LogP contribution in [0.25, 0.3) is 0 Å². The Kier molecular flexibility index (Phi) is 6.02. The molecule has 3 N–H and O–H groups in total. The number of nitrogens with zero attached hydrogens (tertiary/aromatic N) is 2. The number of amidine groups is 1. The molecule has 0 spiro atoms. The third kappa shape index (κ3) is 5.24. The Morgan fingerprint density at radius 1 is 1.25 bits per heavy atom. The summed E-state index contributed by atoms with van der Waals surface area (Å²) in [6, 6.07) is -1.29. The molecule has 136 valence electrons. The number of hydrogen-bond donors (Lipinski definition) is 2. The Morgan fingerprint density at radius 2 is 1.83 bits per heavy atom. The van der Waals surface area contributed by atoms with E-state index in [9.17, 15) is 27.9 Å². The second-order valence-electron chi connectivity index (χ2n) is 6.66. The highest BCUT2D eigenvalue weighted by Crippen LogP contribution is 2.26. The van der Waals surface area contributed by atoms with E-state index < -0.39 is 29.4 Å². The van der Waals surface area contributed by atoms with Gasteiger partial charge in [-0.05, 0) is 19.3 Å². The van der Waals surface area contributed by atoms with Crippen LogP contribution in [0.1, 0.15) is 40.0 Å². The number of halogens is 3. The molecule has 0 saturated carbocycles. The van der Waals surface area contributed by atoms with Crippen molar-refractivity contribution in [2.75, 3.05) is 6.54 Å². The summed E-state index contributed by atoms with van der Waals surface area (Å²) in [6.45, 7) is 4.96. The van der Waals surface area contributed by atoms with Crippen molar-refractivity contribution in [3.05, 3.63) is 11.8 Å². The van der Waals surface area contributed by atoms with E-state index in [0.29, 0.717) is 17.7 Å². The number of carbonyl (C=O) groups excluding carboxylic acids is 2. The van der Waals surface area contributed by atoms with Crippen molar-refractivity contribution in [3.8, 4) is 0 Å². The molecule has 0 bridgehead atoms. The number of amides is 2. The molecule has 24 heavy (non-hydrogen) atoms. The number of rotatable bonds is 2. The maximum Gasteiger partial charge on any atom is 0.471 e. The number of hydrogen-bond acceptors (Lipinski definition) is 3. The van der Waals surface area contributed by atoms with Crippen LogP contribution in [0.5, 0.6) is 0 Å². The molecule has 1 fully saturated rings. The molecule has 0 unspecified atom stereocenters. The zero-order chi connectivity index (χ0) is 18.7. The molecule has 0 aromatic rings. The van der Waals surface area contributed by atoms with E-state index in [1.807, 2.05) is 0 Å². The van der Waals surface area contributed by atoms with Gasteiger partial charge in [0, 0.05) is 18.0 Å². The number of piperidine rings is 1. The van der Waals surface area contributed by atoms with Gasteiger partial charge in [0.25, 0.3) is 5.91 Å². The smallest absolute Gasteiger partial charge is 0.471 e. The van der Waals surface area contributed by atoms with Gasteiger partial charge in [-0.25, -0.2) is 0 Å². The quantitative estimate of drug-likeness (QED) is 0.454. The van der Waals surface area contributed by atoms with Gasteiger partial charge in [-0.15, -0.1) is 0 Å². The molecule has 1 aliphatic rings. The van der Waals surface area contributed by atoms with E-state index in [4.69, 9.17) is 5.73 Å². The molecule has 2 amide bonds. The van der Waals surface area contributed by atoms with Crippen LogP contribution >= 0.6 is 0 Å². The average Bonchev–Trinajstić information content (AvgIpc) is 2.44. The Hall–Kier alpha value is -2.06. The number of allylic oxidation sites excluding steroid dienone is 1. The number of likely N-dealkylation sites (tertiary alicyclic amines) is 1. The van der Waals surface area contributed by atoms with Crippen molar-refractivity contribution >= 4 is 17.6 Å². The lowest BCUT2D eigenvalue weighted by Gasteiger charge is -2.33. The van der Waals surface area contributed by atoms with E-state index >= 15 is 0 Å². The molecular weight excluding hydrogens is 327 g/mol. The summed E-state index contributed by atoms with van der Waals surface area (Å²) in [7, 11) is 0. The lowest BCUT2D eigenvalue weighted by molar-refractivity contribution is -0.189. The van der Waals surface area contributed by atoms with Crippen LogP contribution in [0.15, 0.2) is 16.8 Å². The molecule has 0 radical (unpaired) electrons. The minimum atomic E-state index is -5.05. The van der Waals surface area contributed by atoms with Gasteiger partial charge in [0.1, 0.15) is 17.6 Å². The largest absolute Gasteiger partial charge is 0.512 e. The van der Waals surface area contributed by atoms with Crippen molar-refractivity contribution < 1.29 is 27.9 Å². The molecule has 1 rings (SSSR count). The van der Waals surface area contributed by atoms with Gasteiger partial charge in [-0.2, -0.15) is 18.2 Å². The number of aliphatic hydroxyl groups is 1. The SMILES string of the molecule is CC(C)(C)/C(O)=C/C(N)=NC(=O)[C@@H]1CCCCN1C(=O)C(F)(F)F. The second kappa shape index (κ2) is 7.23. The van der Waals surface area contributed by atoms with Crippen molar-refractivity contribution in [3.63, 3.8) is 0 Å². The van der Waals surface area contributed by atoms with Crippen molar-refractivity contribution in [2.45, 2.75) is 52.3 Å². The van der Waals surface area contributed by atoms with Crippen molar-refractivity contribution in [1.82, 2.24) is 4.90 Å². The third-order valence-electron chi connectivity index (χ3n) is 3.58. The predicted molar refractivity (Wildman–Crippen MR) is 82.2 cm³/mol. The molecule has 1 atom stereocenters. The number of carbonyl (C=O) groups is 2. The minimum Gasteiger partial charge on any atom is -0.512 e. The third-order valence-corrected chi connectivity index (χ3v) is 3.58. The van der Waals surface area contributed by atoms with Crippen LogP contribution < -0.4 is 5.73 Å². The monoisotopic (exact) mass is 349 g/mol. The summed E-state index contributed by atoms with van der Waals surface area (Å²) in [5, 5.41) is 9.80. The van der Waals surface area contributed by atoms with E-state index in [2.05, 4.69) is 4.99 Å². The molecule has 0 aromatic heterocycles. The summed E-state index contributed by atoms with van der Waals surface area (Å²) in [5.41, 5.74) is 4.93. The second-order valence-corrected chi connectivity index (χ2v) is 6.66. The summed E-state index contributed by atoms with van der Waals surface area (Å²) in [6.07, 6.45) is -2.98. The summed E-state index contributed by atoms with van der Waals surface area (Å²) >= 11 is 0. The van der Waals surface area contributed by atoms with Gasteiger partial charge in [0.2, 0.25) is 0 Å². The fourth-order valence-electron chi connectivity index (χ4n) is 2.18. The first-order chi connectivity index (χ1) is 10.8. The lowest BCUT2D eigenvalue weighted by atomic mass is 9.93. The Labute approximate surface area is 138 Å². The lowest BCUT2D eigenvalue weighted by Crippen LogP contribution is -2.52. The van der Waals surface area contributed by atoms with Gasteiger partial charge in [-0.1, -0.05) is 20.8 Å². The van der Waals surface area contributed by atoms with Crippen LogP contribution in [-0.2, 0) is 9.59 Å². The summed E-state index contributed by atoms with van der Waals surface area (Å²) < 4.78 is 37.9. The number of aliphatic hydroxyl groups excluding tert-OH is 1. The number of alkyl halides is 3. The molecular formula is C15H22F3N3O3. The maximum absolute atomic E-state index is 12.6. The highest BCUT2D eigenvalue weighted by molar-refractivity contribution is 6.02. The Bertz CT molecular complexity index is 563. The first-order valence-electron chi connectivity index (χ1n) is 7.51. The maximum atomic E-state index is 12.6. The Balaban J connectivity index is 2.99. The molecule has 6 nitrogen and oxygen atoms in total. The van der Waals surface area contributed by atoms with Gasteiger partial charge in [-0.3, -0.25) is 9.59 Å². The molecule has 0 aromatic carbocycles. The molecule has 9 heteroatoms. The molecule has 1 saturated heterocycles. The van der Waals surface area contributed by atoms with Gasteiger partial charge in [0.15, 0.2) is 0 Å². The topological polar surface area (TPSA) is 96.0 Å². The highest BCUT2D eigenvalue weighted by atomic mass is 19.4. The standard InChI is InChI=1S/C15H22F3N3O3/c1-14(2,3)10(22)8-11(19)20-12(23)9-6-4-5-7-21(9)13(24)15(16,17)18/h8-9,22H,4-7H2,1-3H3,(H2,19,20,23)/b10-8-/t9-/m0/s1. The minimum absolute atomic E-state index is 0.0897. The van der Waals surface area contributed by atoms with Crippen LogP contribution in [0.2, 0.25) is 0 Å². The first-order valence-corrected chi connectivity index (χ1v) is 7.51. The normalized spacial score (nSPS) is 20.9. The van der Waals surface area contributed by atoms with Crippen LogP contribution in [0.3, 0.4) is 0 Å². The fourth-order valence-corrected chi connectivity index (χ4v) is 2.18. The molecule has 1 heterocycles. The zero-order valence-electron chi connectivity index (χ0n) is 13.9. The van der Waals surface area contributed by atoms with Crippen LogP contribution in [0, 0.1) is 5.41 Å². The van der Waals surface area contributed by atoms with E-state index in [0.717, 1.165) is 6.08 Å². The van der Waals surface area contributed by atoms with Gasteiger partial charge >= 0.3 is 12.1 Å². The van der Waals surface area contributed by atoms with Gasteiger partial charge in [0.05, 0.1) is 0 Å². The van der Waals surface area contributed by atoms with Crippen molar-refractivity contribution in [1.29, 1.82) is 0 Å². The first kappa shape index (κ1) is 20.0. The average molecular weight is 349 g/mol. The highest BCUT2D eigenvalue weighted by Gasteiger charge is 2.46. The fraction of sp³-hybridized carbons (Fsp3) is 0.667. The summed E-state index contributed by atoms with van der Waals surface area (Å²) in [4.78, 5) is 27.6. The Morgan fingerprint density at radius 3 is 2.33 bits per heavy atom.